The van der Waals surface area contributed by atoms with E-state index in [0.29, 0.717) is 11.3 Å². The number of fused-ring (bicyclic) bond motifs is 1. The molecule has 0 unspecified atom stereocenters. The summed E-state index contributed by atoms with van der Waals surface area (Å²) in [5, 5.41) is 3.84. The Morgan fingerprint density at radius 2 is 1.41 bits per heavy atom. The Bertz CT molecular complexity index is 1550. The fourth-order valence-corrected chi connectivity index (χ4v) is 5.76. The van der Waals surface area contributed by atoms with Crippen molar-refractivity contribution in [3.63, 3.8) is 0 Å². The Morgan fingerprint density at radius 1 is 0.706 bits per heavy atom. The van der Waals surface area contributed by atoms with E-state index in [0.717, 1.165) is 33.5 Å². The lowest BCUT2D eigenvalue weighted by Crippen LogP contribution is -2.26. The average Bonchev–Trinajstić information content (AvgIpc) is 3.41. The maximum Gasteiger partial charge on any atom is 0.271 e. The van der Waals surface area contributed by atoms with Crippen LogP contribution in [-0.2, 0) is 10.0 Å². The van der Waals surface area contributed by atoms with Gasteiger partial charge in [0.1, 0.15) is 4.21 Å². The van der Waals surface area contributed by atoms with Crippen LogP contribution in [0.3, 0.4) is 0 Å². The fourth-order valence-electron chi connectivity index (χ4n) is 3.71. The van der Waals surface area contributed by atoms with Crippen molar-refractivity contribution in [2.24, 2.45) is 0 Å². The van der Waals surface area contributed by atoms with Crippen LogP contribution >= 0.6 is 11.3 Å². The van der Waals surface area contributed by atoms with Crippen LogP contribution in [0.5, 0.6) is 0 Å². The molecule has 0 aliphatic carbocycles. The highest BCUT2D eigenvalue weighted by atomic mass is 32.2. The third-order valence-electron chi connectivity index (χ3n) is 5.35. The number of para-hydroxylation sites is 1. The zero-order valence-corrected chi connectivity index (χ0v) is 19.6. The van der Waals surface area contributed by atoms with Crippen LogP contribution in [0.1, 0.15) is 10.4 Å². The summed E-state index contributed by atoms with van der Waals surface area (Å²) in [6, 6.07) is 33.1. The minimum absolute atomic E-state index is 0.214. The zero-order valence-electron chi connectivity index (χ0n) is 18.0. The highest BCUT2D eigenvalue weighted by Gasteiger charge is 2.21. The molecule has 5 rings (SSSR count). The minimum atomic E-state index is -3.65. The Balaban J connectivity index is 1.48. The van der Waals surface area contributed by atoms with Crippen molar-refractivity contribution in [1.82, 2.24) is 0 Å². The molecule has 5 aromatic rings. The molecule has 0 aliphatic heterocycles. The highest BCUT2D eigenvalue weighted by molar-refractivity contribution is 7.94. The predicted octanol–water partition coefficient (Wildman–Crippen LogP) is 6.68. The van der Waals surface area contributed by atoms with E-state index in [1.54, 1.807) is 46.7 Å². The average molecular weight is 485 g/mol. The molecule has 168 valence electrons. The van der Waals surface area contributed by atoms with Crippen molar-refractivity contribution in [3.05, 3.63) is 120 Å². The number of rotatable bonds is 6. The summed E-state index contributed by atoms with van der Waals surface area (Å²) in [5.41, 5.74) is 2.32. The van der Waals surface area contributed by atoms with E-state index in [-0.39, 0.29) is 10.1 Å². The molecule has 1 heterocycles. The van der Waals surface area contributed by atoms with Crippen LogP contribution in [0.4, 0.5) is 17.1 Å². The molecule has 0 bridgehead atoms. The smallest absolute Gasteiger partial charge is 0.271 e. The molecular formula is C27H20N2O3S2. The van der Waals surface area contributed by atoms with Crippen molar-refractivity contribution < 1.29 is 13.2 Å². The Hall–Kier alpha value is -3.94. The van der Waals surface area contributed by atoms with Crippen molar-refractivity contribution in [2.75, 3.05) is 9.62 Å². The summed E-state index contributed by atoms with van der Waals surface area (Å²) in [5.74, 6) is -0.214. The summed E-state index contributed by atoms with van der Waals surface area (Å²) >= 11 is 1.15. The summed E-state index contributed by atoms with van der Waals surface area (Å²) < 4.78 is 27.8. The number of anilines is 3. The number of hydrogen-bond acceptors (Lipinski definition) is 4. The van der Waals surface area contributed by atoms with E-state index in [1.807, 2.05) is 72.8 Å². The molecule has 0 aliphatic rings. The third-order valence-corrected chi connectivity index (χ3v) is 8.13. The van der Waals surface area contributed by atoms with Gasteiger partial charge in [-0.05, 0) is 70.7 Å². The van der Waals surface area contributed by atoms with E-state index < -0.39 is 10.0 Å². The lowest BCUT2D eigenvalue weighted by Gasteiger charge is -2.24. The van der Waals surface area contributed by atoms with Gasteiger partial charge in [-0.3, -0.25) is 14.4 Å². The van der Waals surface area contributed by atoms with Crippen LogP contribution in [0.15, 0.2) is 119 Å². The minimum Gasteiger partial charge on any atom is -0.279 e. The van der Waals surface area contributed by atoms with Gasteiger partial charge >= 0.3 is 0 Å². The summed E-state index contributed by atoms with van der Waals surface area (Å²) in [6.45, 7) is 0. The molecule has 0 radical (unpaired) electrons. The molecule has 7 heteroatoms. The van der Waals surface area contributed by atoms with Crippen LogP contribution in [-0.4, -0.2) is 14.3 Å². The first kappa shape index (κ1) is 21.9. The van der Waals surface area contributed by atoms with Crippen LogP contribution < -0.4 is 9.62 Å². The third kappa shape index (κ3) is 4.44. The number of amides is 1. The zero-order chi connectivity index (χ0) is 23.5. The van der Waals surface area contributed by atoms with Gasteiger partial charge in [-0.2, -0.15) is 0 Å². The molecule has 0 spiro atoms. The fraction of sp³-hybridized carbons (Fsp3) is 0. The predicted molar refractivity (Wildman–Crippen MR) is 138 cm³/mol. The van der Waals surface area contributed by atoms with E-state index in [2.05, 4.69) is 4.72 Å². The molecule has 0 saturated heterocycles. The first-order valence-corrected chi connectivity index (χ1v) is 12.9. The van der Waals surface area contributed by atoms with Crippen molar-refractivity contribution >= 4 is 55.1 Å². The number of thiophene rings is 1. The van der Waals surface area contributed by atoms with Gasteiger partial charge in [0.15, 0.2) is 0 Å². The molecule has 1 aromatic heterocycles. The number of carbonyl (C=O) groups is 1. The van der Waals surface area contributed by atoms with Gasteiger partial charge in [-0.25, -0.2) is 8.42 Å². The second-order valence-corrected chi connectivity index (χ2v) is 10.5. The Labute approximate surface area is 202 Å². The molecule has 0 saturated carbocycles. The van der Waals surface area contributed by atoms with Crippen LogP contribution in [0.25, 0.3) is 10.8 Å². The summed E-state index contributed by atoms with van der Waals surface area (Å²) in [4.78, 5) is 15.3. The Kier molecular flexibility index (Phi) is 5.88. The maximum absolute atomic E-state index is 13.7. The van der Waals surface area contributed by atoms with Gasteiger partial charge in [0.05, 0.1) is 0 Å². The van der Waals surface area contributed by atoms with E-state index >= 15 is 0 Å². The summed E-state index contributed by atoms with van der Waals surface area (Å²) in [7, 11) is -3.65. The second-order valence-electron chi connectivity index (χ2n) is 7.62. The standard InChI is InChI=1S/C27H20N2O3S2/c30-27(21-12-15-23(16-13-21)28-34(31,32)26-11-6-18-33-26)29(24-9-2-1-3-10-24)25-17-14-20-7-4-5-8-22(20)19-25/h1-19,28H. The quantitative estimate of drug-likeness (QED) is 0.292. The largest absolute Gasteiger partial charge is 0.279 e. The van der Waals surface area contributed by atoms with E-state index in [9.17, 15) is 13.2 Å². The van der Waals surface area contributed by atoms with E-state index in [1.165, 1.54) is 0 Å². The van der Waals surface area contributed by atoms with Crippen LogP contribution in [0, 0.1) is 0 Å². The highest BCUT2D eigenvalue weighted by Crippen LogP contribution is 2.31. The number of nitrogens with zero attached hydrogens (tertiary/aromatic N) is 1. The Morgan fingerprint density at radius 3 is 2.12 bits per heavy atom. The molecule has 34 heavy (non-hydrogen) atoms. The lowest BCUT2D eigenvalue weighted by atomic mass is 10.1. The van der Waals surface area contributed by atoms with Gasteiger partial charge < -0.3 is 0 Å². The van der Waals surface area contributed by atoms with Gasteiger partial charge in [0, 0.05) is 22.6 Å². The SMILES string of the molecule is O=C(c1ccc(NS(=O)(=O)c2cccs2)cc1)N(c1ccccc1)c1ccc2ccccc2c1. The van der Waals surface area contributed by atoms with Crippen LogP contribution in [0.2, 0.25) is 0 Å². The van der Waals surface area contributed by atoms with Gasteiger partial charge in [-0.1, -0.05) is 54.6 Å². The van der Waals surface area contributed by atoms with E-state index in [4.69, 9.17) is 0 Å². The second kappa shape index (κ2) is 9.13. The van der Waals surface area contributed by atoms with Gasteiger partial charge in [0.2, 0.25) is 0 Å². The first-order valence-electron chi connectivity index (χ1n) is 10.6. The van der Waals surface area contributed by atoms with Crippen molar-refractivity contribution in [1.29, 1.82) is 0 Å². The number of carbonyl (C=O) groups excluding carboxylic acids is 1. The van der Waals surface area contributed by atoms with Crippen molar-refractivity contribution in [2.45, 2.75) is 4.21 Å². The molecule has 0 fully saturated rings. The maximum atomic E-state index is 13.7. The molecule has 1 amide bonds. The number of sulfonamides is 1. The number of benzene rings is 4. The lowest BCUT2D eigenvalue weighted by molar-refractivity contribution is 0.0999. The van der Waals surface area contributed by atoms with Gasteiger partial charge in [0.25, 0.3) is 15.9 Å². The first-order chi connectivity index (χ1) is 16.5. The molecule has 5 nitrogen and oxygen atoms in total. The molecule has 1 N–H and O–H groups in total. The normalized spacial score (nSPS) is 11.3. The topological polar surface area (TPSA) is 66.5 Å². The number of nitrogens with one attached hydrogen (secondary N) is 1. The monoisotopic (exact) mass is 484 g/mol. The van der Waals surface area contributed by atoms with Gasteiger partial charge in [-0.15, -0.1) is 11.3 Å². The summed E-state index contributed by atoms with van der Waals surface area (Å²) in [6.07, 6.45) is 0. The number of hydrogen-bond donors (Lipinski definition) is 1. The van der Waals surface area contributed by atoms with Crippen molar-refractivity contribution in [3.8, 4) is 0 Å². The molecule has 4 aromatic carbocycles. The molecule has 0 atom stereocenters. The molecular weight excluding hydrogens is 464 g/mol.